The van der Waals surface area contributed by atoms with Gasteiger partial charge in [0.25, 0.3) is 0 Å². The molecule has 0 amide bonds. The van der Waals surface area contributed by atoms with E-state index in [2.05, 4.69) is 4.98 Å². The van der Waals surface area contributed by atoms with E-state index < -0.39 is 5.82 Å². The molecule has 2 heterocycles. The molecule has 1 fully saturated rings. The van der Waals surface area contributed by atoms with Crippen LogP contribution in [0.5, 0.6) is 0 Å². The van der Waals surface area contributed by atoms with Crippen LogP contribution in [-0.4, -0.2) is 23.5 Å². The highest BCUT2D eigenvalue weighted by molar-refractivity contribution is 5.94. The molecule has 0 N–H and O–H groups in total. The zero-order chi connectivity index (χ0) is 11.4. The van der Waals surface area contributed by atoms with Crippen molar-refractivity contribution in [1.29, 1.82) is 0 Å². The predicted molar refractivity (Wildman–Crippen MR) is 56.7 cm³/mol. The van der Waals surface area contributed by atoms with E-state index >= 15 is 0 Å². The van der Waals surface area contributed by atoms with Gasteiger partial charge >= 0.3 is 0 Å². The fourth-order valence-corrected chi connectivity index (χ4v) is 1.87. The molecule has 86 valence electrons. The predicted octanol–water partition coefficient (Wildman–Crippen LogP) is 2.36. The number of aromatic nitrogens is 1. The highest BCUT2D eigenvalue weighted by Gasteiger charge is 2.19. The maximum atomic E-state index is 13.2. The van der Waals surface area contributed by atoms with Gasteiger partial charge in [-0.1, -0.05) is 0 Å². The third-order valence-electron chi connectivity index (χ3n) is 2.74. The van der Waals surface area contributed by atoms with Crippen LogP contribution in [0.1, 0.15) is 36.2 Å². The molecule has 1 unspecified atom stereocenters. The van der Waals surface area contributed by atoms with Gasteiger partial charge in [-0.05, 0) is 31.4 Å². The Hall–Kier alpha value is -1.29. The fraction of sp³-hybridized carbons (Fsp3) is 0.500. The molecule has 0 aromatic carbocycles. The summed E-state index contributed by atoms with van der Waals surface area (Å²) in [7, 11) is 0. The Labute approximate surface area is 93.6 Å². The van der Waals surface area contributed by atoms with Crippen molar-refractivity contribution in [3.63, 3.8) is 0 Å². The van der Waals surface area contributed by atoms with Crippen LogP contribution in [0.25, 0.3) is 0 Å². The number of rotatable bonds is 4. The van der Waals surface area contributed by atoms with E-state index in [1.807, 2.05) is 0 Å². The minimum atomic E-state index is -0.542. The molecule has 0 aliphatic carbocycles. The van der Waals surface area contributed by atoms with Crippen LogP contribution >= 0.6 is 0 Å². The molecule has 1 aromatic rings. The minimum absolute atomic E-state index is 0.0551. The standard InChI is InChI=1S/C12H14FNO2/c13-10-4-1-7-14-12(10)11(15)6-5-9-3-2-8-16-9/h1,4,7,9H,2-3,5-6,8H2. The highest BCUT2D eigenvalue weighted by atomic mass is 19.1. The Morgan fingerprint density at radius 2 is 2.50 bits per heavy atom. The summed E-state index contributed by atoms with van der Waals surface area (Å²) in [5, 5.41) is 0. The Balaban J connectivity index is 1.90. The lowest BCUT2D eigenvalue weighted by Crippen LogP contribution is -2.11. The van der Waals surface area contributed by atoms with E-state index in [9.17, 15) is 9.18 Å². The van der Waals surface area contributed by atoms with Crippen LogP contribution in [-0.2, 0) is 4.74 Å². The van der Waals surface area contributed by atoms with E-state index in [-0.39, 0.29) is 17.6 Å². The SMILES string of the molecule is O=C(CCC1CCCO1)c1ncccc1F. The number of ether oxygens (including phenoxy) is 1. The summed E-state index contributed by atoms with van der Waals surface area (Å²) < 4.78 is 18.6. The lowest BCUT2D eigenvalue weighted by molar-refractivity contribution is 0.0853. The Morgan fingerprint density at radius 3 is 3.19 bits per heavy atom. The van der Waals surface area contributed by atoms with Gasteiger partial charge in [0.05, 0.1) is 6.10 Å². The Bertz CT molecular complexity index is 375. The zero-order valence-corrected chi connectivity index (χ0v) is 8.99. The van der Waals surface area contributed by atoms with Crippen molar-refractivity contribution in [2.75, 3.05) is 6.61 Å². The van der Waals surface area contributed by atoms with Crippen molar-refractivity contribution < 1.29 is 13.9 Å². The van der Waals surface area contributed by atoms with Crippen molar-refractivity contribution in [2.24, 2.45) is 0 Å². The first-order chi connectivity index (χ1) is 7.77. The third-order valence-corrected chi connectivity index (χ3v) is 2.74. The van der Waals surface area contributed by atoms with Crippen molar-refractivity contribution in [3.05, 3.63) is 29.8 Å². The van der Waals surface area contributed by atoms with Crippen molar-refractivity contribution in [2.45, 2.75) is 31.8 Å². The van der Waals surface area contributed by atoms with Gasteiger partial charge in [-0.15, -0.1) is 0 Å². The number of pyridine rings is 1. The molecule has 1 aliphatic rings. The zero-order valence-electron chi connectivity index (χ0n) is 8.99. The molecule has 0 saturated carbocycles. The van der Waals surface area contributed by atoms with Crippen LogP contribution in [0.4, 0.5) is 4.39 Å². The molecule has 0 spiro atoms. The highest BCUT2D eigenvalue weighted by Crippen LogP contribution is 2.18. The monoisotopic (exact) mass is 223 g/mol. The molecule has 0 bridgehead atoms. The summed E-state index contributed by atoms with van der Waals surface area (Å²) in [6.45, 7) is 0.775. The lowest BCUT2D eigenvalue weighted by Gasteiger charge is -2.07. The van der Waals surface area contributed by atoms with Crippen molar-refractivity contribution in [3.8, 4) is 0 Å². The van der Waals surface area contributed by atoms with E-state index in [0.717, 1.165) is 19.4 Å². The first-order valence-electron chi connectivity index (χ1n) is 5.52. The van der Waals surface area contributed by atoms with Crippen LogP contribution < -0.4 is 0 Å². The number of carbonyl (C=O) groups excluding carboxylic acids is 1. The van der Waals surface area contributed by atoms with Crippen LogP contribution in [0.2, 0.25) is 0 Å². The van der Waals surface area contributed by atoms with Gasteiger partial charge in [-0.2, -0.15) is 0 Å². The number of halogens is 1. The second-order valence-electron chi connectivity index (χ2n) is 3.93. The van der Waals surface area contributed by atoms with Crippen LogP contribution in [0.3, 0.4) is 0 Å². The topological polar surface area (TPSA) is 39.2 Å². The van der Waals surface area contributed by atoms with Crippen LogP contribution in [0.15, 0.2) is 18.3 Å². The largest absolute Gasteiger partial charge is 0.378 e. The summed E-state index contributed by atoms with van der Waals surface area (Å²) in [6.07, 6.45) is 4.61. The second kappa shape index (κ2) is 5.16. The minimum Gasteiger partial charge on any atom is -0.378 e. The van der Waals surface area contributed by atoms with Gasteiger partial charge in [-0.3, -0.25) is 9.78 Å². The number of nitrogens with zero attached hydrogens (tertiary/aromatic N) is 1. The summed E-state index contributed by atoms with van der Waals surface area (Å²) in [4.78, 5) is 15.4. The summed E-state index contributed by atoms with van der Waals surface area (Å²) in [5.41, 5.74) is -0.0551. The van der Waals surface area contributed by atoms with E-state index in [1.54, 1.807) is 0 Å². The number of carbonyl (C=O) groups is 1. The van der Waals surface area contributed by atoms with E-state index in [1.165, 1.54) is 18.3 Å². The molecule has 3 nitrogen and oxygen atoms in total. The smallest absolute Gasteiger partial charge is 0.184 e. The summed E-state index contributed by atoms with van der Waals surface area (Å²) >= 11 is 0. The first kappa shape index (κ1) is 11.2. The van der Waals surface area contributed by atoms with Gasteiger partial charge in [0, 0.05) is 19.2 Å². The molecule has 1 aliphatic heterocycles. The lowest BCUT2D eigenvalue weighted by atomic mass is 10.1. The number of hydrogen-bond acceptors (Lipinski definition) is 3. The van der Waals surface area contributed by atoms with Crippen molar-refractivity contribution in [1.82, 2.24) is 4.98 Å². The van der Waals surface area contributed by atoms with E-state index in [4.69, 9.17) is 4.74 Å². The summed E-state index contributed by atoms with van der Waals surface area (Å²) in [5.74, 6) is -0.784. The molecular formula is C12H14FNO2. The normalized spacial score (nSPS) is 19.9. The molecule has 1 saturated heterocycles. The fourth-order valence-electron chi connectivity index (χ4n) is 1.87. The van der Waals surface area contributed by atoms with Crippen LogP contribution in [0, 0.1) is 5.82 Å². The van der Waals surface area contributed by atoms with Crippen molar-refractivity contribution >= 4 is 5.78 Å². The number of hydrogen-bond donors (Lipinski definition) is 0. The van der Waals surface area contributed by atoms with Gasteiger partial charge in [0.2, 0.25) is 0 Å². The van der Waals surface area contributed by atoms with Gasteiger partial charge < -0.3 is 4.74 Å². The first-order valence-corrected chi connectivity index (χ1v) is 5.52. The Morgan fingerprint density at radius 1 is 1.62 bits per heavy atom. The molecule has 4 heteroatoms. The molecule has 1 aromatic heterocycles. The second-order valence-corrected chi connectivity index (χ2v) is 3.93. The molecule has 0 radical (unpaired) electrons. The maximum absolute atomic E-state index is 13.2. The van der Waals surface area contributed by atoms with E-state index in [0.29, 0.717) is 12.8 Å². The Kier molecular flexibility index (Phi) is 3.62. The molecule has 2 rings (SSSR count). The number of Topliss-reactive ketones (excluding diaryl/α,β-unsaturated/α-hetero) is 1. The number of ketones is 1. The third kappa shape index (κ3) is 2.64. The van der Waals surface area contributed by atoms with Gasteiger partial charge in [0.1, 0.15) is 5.69 Å². The molecule has 16 heavy (non-hydrogen) atoms. The maximum Gasteiger partial charge on any atom is 0.184 e. The average molecular weight is 223 g/mol. The van der Waals surface area contributed by atoms with Gasteiger partial charge in [0.15, 0.2) is 11.6 Å². The quantitative estimate of drug-likeness (QED) is 0.735. The summed E-state index contributed by atoms with van der Waals surface area (Å²) in [6, 6.07) is 2.73. The molecular weight excluding hydrogens is 209 g/mol. The average Bonchev–Trinajstić information content (AvgIpc) is 2.79. The molecule has 1 atom stereocenters. The van der Waals surface area contributed by atoms with Gasteiger partial charge in [-0.25, -0.2) is 4.39 Å².